The van der Waals surface area contributed by atoms with E-state index in [-0.39, 0.29) is 0 Å². The number of carbonyl (C=O) groups is 1. The van der Waals surface area contributed by atoms with E-state index < -0.39 is 0 Å². The summed E-state index contributed by atoms with van der Waals surface area (Å²) >= 11 is 0. The third kappa shape index (κ3) is 1.60. The van der Waals surface area contributed by atoms with Crippen molar-refractivity contribution in [2.24, 2.45) is 7.05 Å². The molecular weight excluding hydrogens is 206 g/mol. The van der Waals surface area contributed by atoms with E-state index in [1.54, 1.807) is 6.08 Å². The Balaban J connectivity index is 2.57. The van der Waals surface area contributed by atoms with Crippen molar-refractivity contribution in [3.8, 4) is 0 Å². The Labute approximate surface area is 91.8 Å². The van der Waals surface area contributed by atoms with Crippen molar-refractivity contribution in [3.63, 3.8) is 0 Å². The van der Waals surface area contributed by atoms with Gasteiger partial charge in [-0.3, -0.25) is 4.79 Å². The molecule has 2 aromatic heterocycles. The summed E-state index contributed by atoms with van der Waals surface area (Å²) in [4.78, 5) is 18.2. The lowest BCUT2D eigenvalue weighted by Crippen LogP contribution is -1.98. The van der Waals surface area contributed by atoms with E-state index in [2.05, 4.69) is 15.3 Å². The number of hydrogen-bond acceptors (Lipinski definition) is 4. The SMILES string of the molecule is Cn1cc(C=CNC=O)c2c(N)ncnc21. The molecule has 0 bridgehead atoms. The number of aryl methyl sites for hydroxylation is 1. The molecule has 0 fully saturated rings. The van der Waals surface area contributed by atoms with Crippen LogP contribution in [-0.2, 0) is 11.8 Å². The molecule has 6 heteroatoms. The Bertz CT molecular complexity index is 558. The van der Waals surface area contributed by atoms with Crippen LogP contribution in [0, 0.1) is 0 Å². The summed E-state index contributed by atoms with van der Waals surface area (Å²) in [5.41, 5.74) is 7.41. The third-order valence-corrected chi connectivity index (χ3v) is 2.24. The highest BCUT2D eigenvalue weighted by atomic mass is 16.1. The summed E-state index contributed by atoms with van der Waals surface area (Å²) in [5.74, 6) is 0.427. The van der Waals surface area contributed by atoms with Gasteiger partial charge < -0.3 is 15.6 Å². The van der Waals surface area contributed by atoms with Crippen molar-refractivity contribution in [1.29, 1.82) is 0 Å². The van der Waals surface area contributed by atoms with Crippen molar-refractivity contribution >= 4 is 29.3 Å². The van der Waals surface area contributed by atoms with Gasteiger partial charge >= 0.3 is 0 Å². The minimum Gasteiger partial charge on any atom is -0.383 e. The van der Waals surface area contributed by atoms with Crippen LogP contribution in [-0.4, -0.2) is 20.9 Å². The van der Waals surface area contributed by atoms with Gasteiger partial charge in [-0.1, -0.05) is 0 Å². The molecule has 82 valence electrons. The largest absolute Gasteiger partial charge is 0.383 e. The second-order valence-corrected chi connectivity index (χ2v) is 3.27. The molecule has 1 amide bonds. The number of rotatable bonds is 3. The molecule has 0 atom stereocenters. The minimum atomic E-state index is 0.427. The predicted octanol–water partition coefficient (Wildman–Crippen LogP) is 0.267. The van der Waals surface area contributed by atoms with Gasteiger partial charge in [-0.25, -0.2) is 9.97 Å². The van der Waals surface area contributed by atoms with Gasteiger partial charge in [-0.2, -0.15) is 0 Å². The van der Waals surface area contributed by atoms with Crippen LogP contribution in [0.3, 0.4) is 0 Å². The van der Waals surface area contributed by atoms with E-state index in [0.29, 0.717) is 12.2 Å². The van der Waals surface area contributed by atoms with Crippen molar-refractivity contribution in [2.75, 3.05) is 5.73 Å². The standard InChI is InChI=1S/C10H11N5O/c1-15-4-7(2-3-12-6-16)8-9(11)13-5-14-10(8)15/h2-6H,1H3,(H,12,16)(H2,11,13,14). The first-order chi connectivity index (χ1) is 7.74. The maximum atomic E-state index is 10.1. The fourth-order valence-corrected chi connectivity index (χ4v) is 1.57. The fraction of sp³-hybridized carbons (Fsp3) is 0.100. The summed E-state index contributed by atoms with van der Waals surface area (Å²) in [6.45, 7) is 0. The van der Waals surface area contributed by atoms with Gasteiger partial charge in [-0.15, -0.1) is 0 Å². The van der Waals surface area contributed by atoms with Crippen LogP contribution in [0.25, 0.3) is 17.1 Å². The zero-order valence-corrected chi connectivity index (χ0v) is 8.71. The third-order valence-electron chi connectivity index (χ3n) is 2.24. The second kappa shape index (κ2) is 4.01. The molecule has 0 unspecified atom stereocenters. The zero-order valence-electron chi connectivity index (χ0n) is 8.71. The average molecular weight is 217 g/mol. The van der Waals surface area contributed by atoms with Gasteiger partial charge in [0.1, 0.15) is 17.8 Å². The molecule has 0 aliphatic rings. The van der Waals surface area contributed by atoms with Crippen LogP contribution < -0.4 is 11.1 Å². The lowest BCUT2D eigenvalue weighted by Gasteiger charge is -1.96. The number of nitrogens with one attached hydrogen (secondary N) is 1. The lowest BCUT2D eigenvalue weighted by molar-refractivity contribution is -0.108. The normalized spacial score (nSPS) is 11.1. The monoisotopic (exact) mass is 217 g/mol. The summed E-state index contributed by atoms with van der Waals surface area (Å²) < 4.78 is 1.86. The summed E-state index contributed by atoms with van der Waals surface area (Å²) in [7, 11) is 1.87. The van der Waals surface area contributed by atoms with E-state index in [1.165, 1.54) is 12.5 Å². The van der Waals surface area contributed by atoms with Crippen molar-refractivity contribution in [1.82, 2.24) is 19.9 Å². The smallest absolute Gasteiger partial charge is 0.211 e. The number of nitrogens with two attached hydrogens (primary N) is 1. The van der Waals surface area contributed by atoms with Crippen LogP contribution in [0.1, 0.15) is 5.56 Å². The molecule has 2 rings (SSSR count). The number of nitrogens with zero attached hydrogens (tertiary/aromatic N) is 3. The molecular formula is C10H11N5O. The van der Waals surface area contributed by atoms with E-state index in [9.17, 15) is 4.79 Å². The summed E-state index contributed by atoms with van der Waals surface area (Å²) in [6, 6.07) is 0. The van der Waals surface area contributed by atoms with Gasteiger partial charge in [0.05, 0.1) is 5.39 Å². The quantitative estimate of drug-likeness (QED) is 0.722. The molecule has 0 radical (unpaired) electrons. The molecule has 0 aromatic carbocycles. The van der Waals surface area contributed by atoms with Crippen molar-refractivity contribution < 1.29 is 4.79 Å². The highest BCUT2D eigenvalue weighted by Crippen LogP contribution is 2.23. The summed E-state index contributed by atoms with van der Waals surface area (Å²) in [5, 5.41) is 3.22. The molecule has 2 heterocycles. The number of hydrogen-bond donors (Lipinski definition) is 2. The first-order valence-electron chi connectivity index (χ1n) is 4.66. The average Bonchev–Trinajstić information content (AvgIpc) is 2.58. The molecule has 6 nitrogen and oxygen atoms in total. The van der Waals surface area contributed by atoms with Gasteiger partial charge in [0.25, 0.3) is 0 Å². The highest BCUT2D eigenvalue weighted by molar-refractivity contribution is 5.94. The van der Waals surface area contributed by atoms with Crippen LogP contribution in [0.2, 0.25) is 0 Å². The van der Waals surface area contributed by atoms with E-state index in [1.807, 2.05) is 17.8 Å². The van der Waals surface area contributed by atoms with Crippen LogP contribution in [0.15, 0.2) is 18.7 Å². The maximum absolute atomic E-state index is 10.1. The van der Waals surface area contributed by atoms with Crippen molar-refractivity contribution in [3.05, 3.63) is 24.3 Å². The Morgan fingerprint density at radius 2 is 2.31 bits per heavy atom. The Kier molecular flexibility index (Phi) is 2.55. The Morgan fingerprint density at radius 3 is 3.06 bits per heavy atom. The van der Waals surface area contributed by atoms with Gasteiger partial charge in [0.15, 0.2) is 0 Å². The molecule has 16 heavy (non-hydrogen) atoms. The molecule has 3 N–H and O–H groups in total. The predicted molar refractivity (Wildman–Crippen MR) is 61.2 cm³/mol. The van der Waals surface area contributed by atoms with E-state index in [0.717, 1.165) is 16.6 Å². The van der Waals surface area contributed by atoms with Crippen LogP contribution in [0.4, 0.5) is 5.82 Å². The molecule has 0 aliphatic carbocycles. The number of amides is 1. The highest BCUT2D eigenvalue weighted by Gasteiger charge is 2.08. The van der Waals surface area contributed by atoms with E-state index >= 15 is 0 Å². The number of nitrogen functional groups attached to an aromatic ring is 1. The zero-order chi connectivity index (χ0) is 11.5. The first-order valence-corrected chi connectivity index (χ1v) is 4.66. The second-order valence-electron chi connectivity index (χ2n) is 3.27. The van der Waals surface area contributed by atoms with Crippen LogP contribution in [0.5, 0.6) is 0 Å². The van der Waals surface area contributed by atoms with E-state index in [4.69, 9.17) is 5.73 Å². The fourth-order valence-electron chi connectivity index (χ4n) is 1.57. The summed E-state index contributed by atoms with van der Waals surface area (Å²) in [6.07, 6.45) is 7.18. The maximum Gasteiger partial charge on any atom is 0.211 e. The number of aromatic nitrogens is 3. The Hall–Kier alpha value is -2.37. The first kappa shape index (κ1) is 10.2. The number of anilines is 1. The lowest BCUT2D eigenvalue weighted by atomic mass is 10.2. The molecule has 0 saturated carbocycles. The molecule has 0 saturated heterocycles. The topological polar surface area (TPSA) is 85.8 Å². The van der Waals surface area contributed by atoms with Gasteiger partial charge in [-0.05, 0) is 6.08 Å². The van der Waals surface area contributed by atoms with Gasteiger partial charge in [0, 0.05) is 25.0 Å². The van der Waals surface area contributed by atoms with Gasteiger partial charge in [0.2, 0.25) is 6.41 Å². The molecule has 0 spiro atoms. The van der Waals surface area contributed by atoms with Crippen molar-refractivity contribution in [2.45, 2.75) is 0 Å². The number of fused-ring (bicyclic) bond motifs is 1. The number of carbonyl (C=O) groups excluding carboxylic acids is 1. The molecule has 0 aliphatic heterocycles. The Morgan fingerprint density at radius 1 is 1.50 bits per heavy atom. The molecule has 2 aromatic rings. The van der Waals surface area contributed by atoms with Crippen LogP contribution >= 0.6 is 0 Å². The minimum absolute atomic E-state index is 0.427.